The summed E-state index contributed by atoms with van der Waals surface area (Å²) < 4.78 is 16.8. The van der Waals surface area contributed by atoms with Gasteiger partial charge in [0.2, 0.25) is 0 Å². The third-order valence-corrected chi connectivity index (χ3v) is 3.18. The number of aromatic nitrogens is 2. The number of para-hydroxylation sites is 1. The maximum atomic E-state index is 11.3. The number of halogens is 1. The predicted molar refractivity (Wildman–Crippen MR) is 79.0 cm³/mol. The second-order valence-electron chi connectivity index (χ2n) is 4.25. The number of amides is 1. The fourth-order valence-corrected chi connectivity index (χ4v) is 2.08. The van der Waals surface area contributed by atoms with Gasteiger partial charge in [-0.25, -0.2) is 0 Å². The van der Waals surface area contributed by atoms with Crippen molar-refractivity contribution in [3.05, 3.63) is 52.5 Å². The van der Waals surface area contributed by atoms with Crippen LogP contribution in [0.4, 0.5) is 0 Å². The molecule has 0 atom stereocenters. The Morgan fingerprint density at radius 3 is 2.73 bits per heavy atom. The average molecular weight is 364 g/mol. The van der Waals surface area contributed by atoms with E-state index in [1.54, 1.807) is 36.4 Å². The van der Waals surface area contributed by atoms with Crippen molar-refractivity contribution in [3.63, 3.8) is 0 Å². The lowest BCUT2D eigenvalue weighted by atomic mass is 10.2. The zero-order chi connectivity index (χ0) is 15.5. The number of rotatable bonds is 5. The number of furan rings is 1. The van der Waals surface area contributed by atoms with Gasteiger partial charge in [-0.05, 0) is 40.2 Å². The first-order valence-corrected chi connectivity index (χ1v) is 7.02. The standard InChI is InChI=1S/C14H10BrN3O4/c15-11-6-5-10(21-11)14-18-17-12(22-14)7-20-9-4-2-1-3-8(9)13(16)19/h1-6H,7H2,(H2,16,19). The number of benzene rings is 1. The summed E-state index contributed by atoms with van der Waals surface area (Å²) in [6.45, 7) is 0.0131. The molecule has 1 amide bonds. The molecule has 0 aliphatic carbocycles. The summed E-state index contributed by atoms with van der Waals surface area (Å²) in [7, 11) is 0. The molecule has 3 rings (SSSR count). The average Bonchev–Trinajstić information content (AvgIpc) is 3.14. The van der Waals surface area contributed by atoms with E-state index in [4.69, 9.17) is 19.3 Å². The molecule has 0 spiro atoms. The van der Waals surface area contributed by atoms with E-state index in [-0.39, 0.29) is 24.0 Å². The maximum Gasteiger partial charge on any atom is 0.283 e. The van der Waals surface area contributed by atoms with Crippen LogP contribution in [0.3, 0.4) is 0 Å². The van der Waals surface area contributed by atoms with Crippen molar-refractivity contribution in [1.82, 2.24) is 10.2 Å². The maximum absolute atomic E-state index is 11.3. The van der Waals surface area contributed by atoms with E-state index < -0.39 is 5.91 Å². The molecule has 2 N–H and O–H groups in total. The third-order valence-electron chi connectivity index (χ3n) is 2.75. The Morgan fingerprint density at radius 1 is 1.18 bits per heavy atom. The fraction of sp³-hybridized carbons (Fsp3) is 0.0714. The van der Waals surface area contributed by atoms with Gasteiger partial charge in [0.15, 0.2) is 17.0 Å². The lowest BCUT2D eigenvalue weighted by Crippen LogP contribution is -2.12. The van der Waals surface area contributed by atoms with Crippen LogP contribution < -0.4 is 10.5 Å². The second kappa shape index (κ2) is 6.02. The largest absolute Gasteiger partial charge is 0.483 e. The van der Waals surface area contributed by atoms with E-state index in [0.29, 0.717) is 16.2 Å². The van der Waals surface area contributed by atoms with E-state index in [1.807, 2.05) is 0 Å². The van der Waals surface area contributed by atoms with Crippen LogP contribution in [0, 0.1) is 0 Å². The molecule has 0 unspecified atom stereocenters. The molecule has 2 heterocycles. The summed E-state index contributed by atoms with van der Waals surface area (Å²) in [6, 6.07) is 10.1. The van der Waals surface area contributed by atoms with Crippen LogP contribution in [0.1, 0.15) is 16.2 Å². The molecule has 0 aliphatic rings. The summed E-state index contributed by atoms with van der Waals surface area (Å²) in [5.41, 5.74) is 5.57. The van der Waals surface area contributed by atoms with Crippen LogP contribution in [-0.2, 0) is 6.61 Å². The Balaban J connectivity index is 1.73. The minimum Gasteiger partial charge on any atom is -0.483 e. The van der Waals surface area contributed by atoms with E-state index >= 15 is 0 Å². The number of primary amides is 1. The molecule has 7 nitrogen and oxygen atoms in total. The van der Waals surface area contributed by atoms with Gasteiger partial charge >= 0.3 is 0 Å². The Labute approximate surface area is 133 Å². The Hall–Kier alpha value is -2.61. The second-order valence-corrected chi connectivity index (χ2v) is 5.04. The smallest absolute Gasteiger partial charge is 0.283 e. The number of nitrogens with two attached hydrogens (primary N) is 1. The van der Waals surface area contributed by atoms with Gasteiger partial charge in [-0.15, -0.1) is 10.2 Å². The monoisotopic (exact) mass is 363 g/mol. The van der Waals surface area contributed by atoms with Crippen molar-refractivity contribution >= 4 is 21.8 Å². The van der Waals surface area contributed by atoms with Crippen molar-refractivity contribution in [1.29, 1.82) is 0 Å². The van der Waals surface area contributed by atoms with Crippen LogP contribution in [-0.4, -0.2) is 16.1 Å². The van der Waals surface area contributed by atoms with Crippen molar-refractivity contribution in [2.45, 2.75) is 6.61 Å². The minimum atomic E-state index is -0.567. The van der Waals surface area contributed by atoms with E-state index in [2.05, 4.69) is 26.1 Å². The van der Waals surface area contributed by atoms with E-state index in [1.165, 1.54) is 0 Å². The summed E-state index contributed by atoms with van der Waals surface area (Å²) in [5.74, 6) is 0.732. The van der Waals surface area contributed by atoms with Gasteiger partial charge in [0.25, 0.3) is 17.7 Å². The highest BCUT2D eigenvalue weighted by Gasteiger charge is 2.14. The predicted octanol–water partition coefficient (Wildman–Crippen LogP) is 2.77. The molecule has 0 radical (unpaired) electrons. The molecule has 2 aromatic heterocycles. The van der Waals surface area contributed by atoms with Crippen molar-refractivity contribution in [2.75, 3.05) is 0 Å². The van der Waals surface area contributed by atoms with Gasteiger partial charge in [0.05, 0.1) is 5.56 Å². The lowest BCUT2D eigenvalue weighted by Gasteiger charge is -2.06. The van der Waals surface area contributed by atoms with Gasteiger partial charge in [0, 0.05) is 0 Å². The van der Waals surface area contributed by atoms with Crippen LogP contribution in [0.25, 0.3) is 11.7 Å². The Kier molecular flexibility index (Phi) is 3.92. The van der Waals surface area contributed by atoms with Crippen molar-refractivity contribution < 1.29 is 18.4 Å². The minimum absolute atomic E-state index is 0.0131. The molecule has 8 heteroatoms. The number of carbonyl (C=O) groups excluding carboxylic acids is 1. The van der Waals surface area contributed by atoms with Gasteiger partial charge in [-0.3, -0.25) is 4.79 Å². The Bertz CT molecular complexity index is 812. The molecule has 3 aromatic rings. The first-order valence-electron chi connectivity index (χ1n) is 6.23. The van der Waals surface area contributed by atoms with E-state index in [0.717, 1.165) is 0 Å². The number of nitrogens with zero attached hydrogens (tertiary/aromatic N) is 2. The molecular formula is C14H10BrN3O4. The molecule has 0 saturated carbocycles. The summed E-state index contributed by atoms with van der Waals surface area (Å²) in [5, 5.41) is 7.72. The quantitative estimate of drug-likeness (QED) is 0.747. The number of carbonyl (C=O) groups is 1. The van der Waals surface area contributed by atoms with Crippen LogP contribution >= 0.6 is 15.9 Å². The number of ether oxygens (including phenoxy) is 1. The molecule has 0 aliphatic heterocycles. The normalized spacial score (nSPS) is 10.6. The van der Waals surface area contributed by atoms with Crippen LogP contribution in [0.15, 0.2) is 49.9 Å². The zero-order valence-corrected chi connectivity index (χ0v) is 12.7. The van der Waals surface area contributed by atoms with Crippen molar-refractivity contribution in [2.24, 2.45) is 5.73 Å². The molecule has 0 bridgehead atoms. The molecule has 22 heavy (non-hydrogen) atoms. The summed E-state index contributed by atoms with van der Waals surface area (Å²) in [6.07, 6.45) is 0. The van der Waals surface area contributed by atoms with Gasteiger partial charge in [-0.1, -0.05) is 12.1 Å². The highest BCUT2D eigenvalue weighted by molar-refractivity contribution is 9.10. The lowest BCUT2D eigenvalue weighted by molar-refractivity contribution is 0.0995. The topological polar surface area (TPSA) is 104 Å². The first kappa shape index (κ1) is 14.3. The highest BCUT2D eigenvalue weighted by atomic mass is 79.9. The van der Waals surface area contributed by atoms with Gasteiger partial charge in [-0.2, -0.15) is 0 Å². The zero-order valence-electron chi connectivity index (χ0n) is 11.2. The molecule has 0 fully saturated rings. The van der Waals surface area contributed by atoms with Crippen LogP contribution in [0.5, 0.6) is 5.75 Å². The summed E-state index contributed by atoms with van der Waals surface area (Å²) >= 11 is 3.19. The molecule has 1 aromatic carbocycles. The molecular weight excluding hydrogens is 354 g/mol. The van der Waals surface area contributed by atoms with Crippen molar-refractivity contribution in [3.8, 4) is 17.4 Å². The first-order chi connectivity index (χ1) is 10.6. The summed E-state index contributed by atoms with van der Waals surface area (Å²) in [4.78, 5) is 11.3. The fourth-order valence-electron chi connectivity index (χ4n) is 1.78. The Morgan fingerprint density at radius 2 is 2.00 bits per heavy atom. The van der Waals surface area contributed by atoms with E-state index in [9.17, 15) is 4.79 Å². The van der Waals surface area contributed by atoms with Gasteiger partial charge < -0.3 is 19.3 Å². The van der Waals surface area contributed by atoms with Gasteiger partial charge in [0.1, 0.15) is 5.75 Å². The number of hydrogen-bond donors (Lipinski definition) is 1. The molecule has 0 saturated heterocycles. The number of hydrogen-bond acceptors (Lipinski definition) is 6. The molecule has 112 valence electrons. The third kappa shape index (κ3) is 3.01. The highest BCUT2D eigenvalue weighted by Crippen LogP contribution is 2.24. The van der Waals surface area contributed by atoms with Crippen LogP contribution in [0.2, 0.25) is 0 Å². The SMILES string of the molecule is NC(=O)c1ccccc1OCc1nnc(-c2ccc(Br)o2)o1.